The van der Waals surface area contributed by atoms with Gasteiger partial charge in [-0.3, -0.25) is 4.79 Å². The summed E-state index contributed by atoms with van der Waals surface area (Å²) in [6, 6.07) is 2.88. The van der Waals surface area contributed by atoms with E-state index >= 15 is 0 Å². The van der Waals surface area contributed by atoms with Crippen molar-refractivity contribution in [3.8, 4) is 0 Å². The molecule has 1 atom stereocenters. The third kappa shape index (κ3) is 2.81. The highest BCUT2D eigenvalue weighted by Gasteiger charge is 2.73. The number of carbonyl (C=O) groups is 1. The molecule has 158 valence electrons. The second-order valence-electron chi connectivity index (χ2n) is 9.53. The Morgan fingerprint density at radius 1 is 1.19 bits per heavy atom. The zero-order valence-electron chi connectivity index (χ0n) is 16.8. The van der Waals surface area contributed by atoms with Gasteiger partial charge in [-0.2, -0.15) is 5.10 Å². The molecule has 1 aromatic heterocycles. The van der Waals surface area contributed by atoms with Crippen LogP contribution in [0.4, 0.5) is 14.7 Å². The van der Waals surface area contributed by atoms with E-state index in [1.807, 2.05) is 0 Å². The summed E-state index contributed by atoms with van der Waals surface area (Å²) in [5.41, 5.74) is -0.0844. The van der Waals surface area contributed by atoms with Gasteiger partial charge < -0.3 is 4.85 Å². The van der Waals surface area contributed by atoms with Crippen molar-refractivity contribution in [2.45, 2.75) is 57.0 Å². The van der Waals surface area contributed by atoms with E-state index in [1.165, 1.54) is 17.1 Å². The van der Waals surface area contributed by atoms with E-state index in [2.05, 4.69) is 20.0 Å². The fourth-order valence-corrected chi connectivity index (χ4v) is 5.66. The molecule has 0 saturated heterocycles. The Hall–Kier alpha value is -3.15. The lowest BCUT2D eigenvalue weighted by Gasteiger charge is -2.69. The van der Waals surface area contributed by atoms with Crippen LogP contribution in [-0.4, -0.2) is 31.9 Å². The molecule has 9 heteroatoms. The number of carbonyl (C=O) groups excluding carboxylic acids is 1. The Bertz CT molecular complexity index is 1140. The molecule has 2 bridgehead atoms. The first-order valence-electron chi connectivity index (χ1n) is 10.5. The molecular weight excluding hydrogens is 402 g/mol. The number of rotatable bonds is 5. The molecule has 0 N–H and O–H groups in total. The number of hydrogen-bond donors (Lipinski definition) is 0. The smallest absolute Gasteiger partial charge is 0.360 e. The maximum atomic E-state index is 13.7. The van der Waals surface area contributed by atoms with Crippen LogP contribution in [0.2, 0.25) is 0 Å². The van der Waals surface area contributed by atoms with Gasteiger partial charge in [-0.25, -0.2) is 18.5 Å². The zero-order valence-corrected chi connectivity index (χ0v) is 16.8. The van der Waals surface area contributed by atoms with Crippen LogP contribution in [0.3, 0.4) is 0 Å². The molecule has 2 aromatic rings. The van der Waals surface area contributed by atoms with Crippen molar-refractivity contribution in [3.05, 3.63) is 52.6 Å². The van der Waals surface area contributed by atoms with Crippen molar-refractivity contribution in [2.24, 2.45) is 15.9 Å². The van der Waals surface area contributed by atoms with Gasteiger partial charge in [0, 0.05) is 30.0 Å². The molecule has 7 rings (SSSR count). The Labute approximate surface area is 177 Å². The second-order valence-corrected chi connectivity index (χ2v) is 9.53. The van der Waals surface area contributed by atoms with Gasteiger partial charge >= 0.3 is 5.95 Å². The van der Waals surface area contributed by atoms with Crippen molar-refractivity contribution < 1.29 is 13.6 Å². The summed E-state index contributed by atoms with van der Waals surface area (Å²) in [7, 11) is 0. The highest BCUT2D eigenvalue weighted by Crippen LogP contribution is 2.74. The largest absolute Gasteiger partial charge is 0.395 e. The molecule has 7 nitrogen and oxygen atoms in total. The maximum absolute atomic E-state index is 13.7. The van der Waals surface area contributed by atoms with Crippen molar-refractivity contribution >= 4 is 18.1 Å². The van der Waals surface area contributed by atoms with E-state index in [1.54, 1.807) is 10.9 Å². The van der Waals surface area contributed by atoms with Gasteiger partial charge in [0.2, 0.25) is 11.7 Å². The SMILES string of the molecule is [C-]#[N+]c1nc(C2CC2)nn1CC12CC(C(=O)N3N=CCC3c3cc(F)cc(F)c3)(C1)C2. The van der Waals surface area contributed by atoms with Crippen LogP contribution in [-0.2, 0) is 11.3 Å². The van der Waals surface area contributed by atoms with E-state index < -0.39 is 23.1 Å². The highest BCUT2D eigenvalue weighted by molar-refractivity contribution is 5.88. The van der Waals surface area contributed by atoms with Gasteiger partial charge in [0.1, 0.15) is 11.6 Å². The van der Waals surface area contributed by atoms with E-state index in [0.29, 0.717) is 49.7 Å². The Balaban J connectivity index is 1.16. The van der Waals surface area contributed by atoms with Crippen molar-refractivity contribution in [2.75, 3.05) is 0 Å². The van der Waals surface area contributed by atoms with Crippen molar-refractivity contribution in [1.82, 2.24) is 19.8 Å². The summed E-state index contributed by atoms with van der Waals surface area (Å²) in [5.74, 6) is 0.0747. The number of aromatic nitrogens is 3. The van der Waals surface area contributed by atoms with Gasteiger partial charge in [0.15, 0.2) is 0 Å². The Morgan fingerprint density at radius 2 is 1.90 bits per heavy atom. The predicted molar refractivity (Wildman–Crippen MR) is 106 cm³/mol. The number of amides is 1. The first-order valence-corrected chi connectivity index (χ1v) is 10.5. The van der Waals surface area contributed by atoms with Crippen LogP contribution in [0, 0.1) is 29.0 Å². The lowest BCUT2D eigenvalue weighted by atomic mass is 9.34. The molecule has 1 amide bonds. The lowest BCUT2D eigenvalue weighted by Crippen LogP contribution is -2.68. The summed E-state index contributed by atoms with van der Waals surface area (Å²) in [6.45, 7) is 7.98. The van der Waals surface area contributed by atoms with Crippen LogP contribution >= 0.6 is 0 Å². The standard InChI is InChI=1S/C22H20F2N6O/c1-25-20-27-18(13-2-3-13)28-29(20)12-21-9-22(10-21,11-21)19(31)30-17(4-5-26-30)14-6-15(23)8-16(24)7-14/h5-8,13,17H,2-4,9-12H2. The molecule has 4 fully saturated rings. The molecule has 2 heterocycles. The van der Waals surface area contributed by atoms with Crippen LogP contribution in [0.5, 0.6) is 0 Å². The average Bonchev–Trinajstić information content (AvgIpc) is 3.25. The van der Waals surface area contributed by atoms with E-state index in [-0.39, 0.29) is 11.3 Å². The first-order chi connectivity index (χ1) is 14.9. The molecule has 4 aliphatic carbocycles. The minimum absolute atomic E-state index is 0.0342. The van der Waals surface area contributed by atoms with Crippen LogP contribution in [0.1, 0.15) is 61.9 Å². The third-order valence-electron chi connectivity index (χ3n) is 7.10. The first kappa shape index (κ1) is 18.6. The number of halogens is 2. The topological polar surface area (TPSA) is 67.7 Å². The van der Waals surface area contributed by atoms with E-state index in [4.69, 9.17) is 6.57 Å². The number of nitrogens with zero attached hydrogens (tertiary/aromatic N) is 6. The Morgan fingerprint density at radius 3 is 2.55 bits per heavy atom. The van der Waals surface area contributed by atoms with Gasteiger partial charge in [-0.05, 0) is 49.8 Å². The summed E-state index contributed by atoms with van der Waals surface area (Å²) < 4.78 is 29.1. The third-order valence-corrected chi connectivity index (χ3v) is 7.10. The fourth-order valence-electron chi connectivity index (χ4n) is 5.66. The monoisotopic (exact) mass is 422 g/mol. The molecule has 1 aliphatic heterocycles. The summed E-state index contributed by atoms with van der Waals surface area (Å²) in [4.78, 5) is 21.2. The summed E-state index contributed by atoms with van der Waals surface area (Å²) >= 11 is 0. The zero-order chi connectivity index (χ0) is 21.4. The second kappa shape index (κ2) is 6.19. The number of hydrazone groups is 1. The molecule has 31 heavy (non-hydrogen) atoms. The fraction of sp³-hybridized carbons (Fsp3) is 0.500. The molecule has 4 saturated carbocycles. The summed E-state index contributed by atoms with van der Waals surface area (Å²) in [6.07, 6.45) is 6.37. The molecule has 5 aliphatic rings. The molecule has 0 spiro atoms. The highest BCUT2D eigenvalue weighted by atomic mass is 19.1. The number of hydrogen-bond acceptors (Lipinski definition) is 4. The minimum Gasteiger partial charge on any atom is -0.395 e. The minimum atomic E-state index is -0.659. The number of benzene rings is 1. The van der Waals surface area contributed by atoms with Gasteiger partial charge in [0.05, 0.1) is 18.0 Å². The Kier molecular flexibility index (Phi) is 3.71. The van der Waals surface area contributed by atoms with E-state index in [9.17, 15) is 13.6 Å². The quantitative estimate of drug-likeness (QED) is 0.681. The molecule has 1 aromatic carbocycles. The van der Waals surface area contributed by atoms with Crippen molar-refractivity contribution in [1.29, 1.82) is 0 Å². The van der Waals surface area contributed by atoms with Crippen molar-refractivity contribution in [3.63, 3.8) is 0 Å². The van der Waals surface area contributed by atoms with E-state index in [0.717, 1.165) is 24.7 Å². The maximum Gasteiger partial charge on any atom is 0.360 e. The van der Waals surface area contributed by atoms with Gasteiger partial charge in [-0.15, -0.1) is 11.6 Å². The average molecular weight is 422 g/mol. The summed E-state index contributed by atoms with van der Waals surface area (Å²) in [5, 5.41) is 10.2. The predicted octanol–water partition coefficient (Wildman–Crippen LogP) is 4.11. The van der Waals surface area contributed by atoms with Crippen LogP contribution in [0.25, 0.3) is 4.85 Å². The van der Waals surface area contributed by atoms with Gasteiger partial charge in [-0.1, -0.05) is 5.10 Å². The van der Waals surface area contributed by atoms with Crippen LogP contribution in [0.15, 0.2) is 23.3 Å². The molecule has 0 radical (unpaired) electrons. The normalized spacial score (nSPS) is 30.6. The lowest BCUT2D eigenvalue weighted by molar-refractivity contribution is -0.223. The van der Waals surface area contributed by atoms with Crippen LogP contribution < -0.4 is 0 Å². The molecule has 1 unspecified atom stereocenters. The van der Waals surface area contributed by atoms with Gasteiger partial charge in [0.25, 0.3) is 0 Å². The molecular formula is C22H20F2N6O.